The Labute approximate surface area is 171 Å². The Morgan fingerprint density at radius 2 is 1.62 bits per heavy atom. The molecular weight excluding hydrogens is 386 g/mol. The molecule has 0 aliphatic rings. The first-order valence-corrected chi connectivity index (χ1v) is 10.8. The Hall–Kier alpha value is -3.12. The van der Waals surface area contributed by atoms with Crippen molar-refractivity contribution in [3.8, 4) is 11.5 Å². The molecule has 1 N–H and O–H groups in total. The van der Waals surface area contributed by atoms with Gasteiger partial charge in [0.05, 0.1) is 15.8 Å². The largest absolute Gasteiger partial charge is 0.455 e. The van der Waals surface area contributed by atoms with Crippen LogP contribution in [0.3, 0.4) is 0 Å². The summed E-state index contributed by atoms with van der Waals surface area (Å²) in [6.07, 6.45) is 0. The number of carbonyl (C=O) groups is 1. The summed E-state index contributed by atoms with van der Waals surface area (Å²) >= 11 is 0. The van der Waals surface area contributed by atoms with Gasteiger partial charge in [-0.1, -0.05) is 24.3 Å². The van der Waals surface area contributed by atoms with Crippen LogP contribution in [-0.2, 0) is 9.84 Å². The van der Waals surface area contributed by atoms with Gasteiger partial charge in [0.15, 0.2) is 15.6 Å². The van der Waals surface area contributed by atoms with Crippen molar-refractivity contribution >= 4 is 21.4 Å². The summed E-state index contributed by atoms with van der Waals surface area (Å²) in [5.74, 6) is 0.846. The van der Waals surface area contributed by atoms with Gasteiger partial charge in [0.1, 0.15) is 5.75 Å². The van der Waals surface area contributed by atoms with Crippen LogP contribution in [0.1, 0.15) is 29.8 Å². The lowest BCUT2D eigenvalue weighted by Crippen LogP contribution is -2.15. The standard InChI is InChI=1S/C23H23NO4S/c1-16(2)29(26,27)20-13-11-18(12-14-20)23(25)24-21-9-4-5-10-22(21)28-19-8-6-7-17(3)15-19/h4-16H,1-3H3,(H,24,25). The Balaban J connectivity index is 1.79. The Morgan fingerprint density at radius 1 is 0.931 bits per heavy atom. The molecule has 0 aliphatic heterocycles. The van der Waals surface area contributed by atoms with Crippen molar-refractivity contribution in [1.29, 1.82) is 0 Å². The van der Waals surface area contributed by atoms with Crippen molar-refractivity contribution in [2.24, 2.45) is 0 Å². The predicted molar refractivity (Wildman–Crippen MR) is 114 cm³/mol. The van der Waals surface area contributed by atoms with Crippen molar-refractivity contribution in [2.45, 2.75) is 30.9 Å². The van der Waals surface area contributed by atoms with Gasteiger partial charge in [-0.25, -0.2) is 8.42 Å². The number of anilines is 1. The zero-order chi connectivity index (χ0) is 21.0. The molecule has 0 atom stereocenters. The molecule has 0 unspecified atom stereocenters. The molecule has 0 aliphatic carbocycles. The molecule has 0 saturated carbocycles. The smallest absolute Gasteiger partial charge is 0.255 e. The van der Waals surface area contributed by atoms with Crippen LogP contribution in [0.5, 0.6) is 11.5 Å². The molecule has 1 amide bonds. The van der Waals surface area contributed by atoms with Gasteiger partial charge in [0.2, 0.25) is 0 Å². The maximum atomic E-state index is 12.7. The summed E-state index contributed by atoms with van der Waals surface area (Å²) in [6.45, 7) is 5.23. The van der Waals surface area contributed by atoms with Crippen molar-refractivity contribution < 1.29 is 17.9 Å². The van der Waals surface area contributed by atoms with Crippen molar-refractivity contribution in [3.05, 3.63) is 83.9 Å². The van der Waals surface area contributed by atoms with Gasteiger partial charge >= 0.3 is 0 Å². The van der Waals surface area contributed by atoms with Crippen LogP contribution in [0.25, 0.3) is 0 Å². The molecular formula is C23H23NO4S. The lowest BCUT2D eigenvalue weighted by molar-refractivity contribution is 0.102. The van der Waals surface area contributed by atoms with Gasteiger partial charge in [0.25, 0.3) is 5.91 Å². The second kappa shape index (κ2) is 8.49. The molecule has 0 fully saturated rings. The molecule has 0 saturated heterocycles. The third kappa shape index (κ3) is 4.84. The van der Waals surface area contributed by atoms with E-state index in [2.05, 4.69) is 5.32 Å². The molecule has 0 aromatic heterocycles. The monoisotopic (exact) mass is 409 g/mol. The Bertz CT molecular complexity index is 1120. The van der Waals surface area contributed by atoms with Crippen molar-refractivity contribution in [3.63, 3.8) is 0 Å². The first kappa shape index (κ1) is 20.6. The van der Waals surface area contributed by atoms with Crippen LogP contribution >= 0.6 is 0 Å². The lowest BCUT2D eigenvalue weighted by Gasteiger charge is -2.13. The molecule has 3 aromatic carbocycles. The van der Waals surface area contributed by atoms with E-state index in [1.165, 1.54) is 24.3 Å². The number of rotatable bonds is 6. The number of nitrogens with one attached hydrogen (secondary N) is 1. The Morgan fingerprint density at radius 3 is 2.28 bits per heavy atom. The number of sulfone groups is 1. The third-order valence-electron chi connectivity index (χ3n) is 4.42. The summed E-state index contributed by atoms with van der Waals surface area (Å²) in [5, 5.41) is 2.31. The number of amides is 1. The fourth-order valence-electron chi connectivity index (χ4n) is 2.73. The second-order valence-corrected chi connectivity index (χ2v) is 9.49. The lowest BCUT2D eigenvalue weighted by atomic mass is 10.2. The van der Waals surface area contributed by atoms with Crippen LogP contribution in [0.4, 0.5) is 5.69 Å². The number of carbonyl (C=O) groups excluding carboxylic acids is 1. The van der Waals surface area contributed by atoms with E-state index in [-0.39, 0.29) is 10.8 Å². The van der Waals surface area contributed by atoms with E-state index in [1.807, 2.05) is 37.3 Å². The predicted octanol–water partition coefficient (Wildman–Crippen LogP) is 5.22. The molecule has 0 spiro atoms. The summed E-state index contributed by atoms with van der Waals surface area (Å²) in [4.78, 5) is 12.9. The van der Waals surface area contributed by atoms with Crippen molar-refractivity contribution in [1.82, 2.24) is 0 Å². The average Bonchev–Trinajstić information content (AvgIpc) is 2.69. The molecule has 0 bridgehead atoms. The van der Waals surface area contributed by atoms with Crippen LogP contribution in [0.15, 0.2) is 77.7 Å². The van der Waals surface area contributed by atoms with Crippen LogP contribution in [0.2, 0.25) is 0 Å². The SMILES string of the molecule is Cc1cccc(Oc2ccccc2NC(=O)c2ccc(S(=O)(=O)C(C)C)cc2)c1. The van der Waals surface area contributed by atoms with Gasteiger partial charge in [-0.2, -0.15) is 0 Å². The van der Waals surface area contributed by atoms with Gasteiger partial charge in [0, 0.05) is 5.56 Å². The zero-order valence-electron chi connectivity index (χ0n) is 16.5. The van der Waals surface area contributed by atoms with E-state index in [0.29, 0.717) is 22.7 Å². The number of ether oxygens (including phenoxy) is 1. The highest BCUT2D eigenvalue weighted by Crippen LogP contribution is 2.30. The van der Waals surface area contributed by atoms with E-state index >= 15 is 0 Å². The number of hydrogen-bond donors (Lipinski definition) is 1. The molecule has 6 heteroatoms. The topological polar surface area (TPSA) is 72.5 Å². The maximum Gasteiger partial charge on any atom is 0.255 e. The van der Waals surface area contributed by atoms with Crippen molar-refractivity contribution in [2.75, 3.05) is 5.32 Å². The second-order valence-electron chi connectivity index (χ2n) is 6.99. The third-order valence-corrected chi connectivity index (χ3v) is 6.59. The summed E-state index contributed by atoms with van der Waals surface area (Å²) in [5.41, 5.74) is 1.96. The van der Waals surface area contributed by atoms with Gasteiger partial charge in [-0.3, -0.25) is 4.79 Å². The van der Waals surface area contributed by atoms with E-state index in [0.717, 1.165) is 5.56 Å². The molecule has 3 aromatic rings. The zero-order valence-corrected chi connectivity index (χ0v) is 17.4. The quantitative estimate of drug-likeness (QED) is 0.606. The minimum atomic E-state index is -3.37. The summed E-state index contributed by atoms with van der Waals surface area (Å²) in [6, 6.07) is 20.7. The number of hydrogen-bond acceptors (Lipinski definition) is 4. The number of benzene rings is 3. The highest BCUT2D eigenvalue weighted by molar-refractivity contribution is 7.92. The normalized spacial score (nSPS) is 11.3. The molecule has 3 rings (SSSR count). The van der Waals surface area contributed by atoms with E-state index in [9.17, 15) is 13.2 Å². The first-order valence-electron chi connectivity index (χ1n) is 9.26. The number of aryl methyl sites for hydroxylation is 1. The van der Waals surface area contributed by atoms with Crippen LogP contribution in [0, 0.1) is 6.92 Å². The average molecular weight is 410 g/mol. The van der Waals surface area contributed by atoms with E-state index in [1.54, 1.807) is 32.0 Å². The summed E-state index contributed by atoms with van der Waals surface area (Å²) in [7, 11) is -3.37. The molecule has 5 nitrogen and oxygen atoms in total. The van der Waals surface area contributed by atoms with Crippen LogP contribution in [-0.4, -0.2) is 19.6 Å². The highest BCUT2D eigenvalue weighted by Gasteiger charge is 2.19. The molecule has 0 radical (unpaired) electrons. The van der Waals surface area contributed by atoms with Crippen LogP contribution < -0.4 is 10.1 Å². The van der Waals surface area contributed by atoms with E-state index in [4.69, 9.17) is 4.74 Å². The molecule has 0 heterocycles. The molecule has 150 valence electrons. The van der Waals surface area contributed by atoms with Gasteiger partial charge in [-0.15, -0.1) is 0 Å². The Kier molecular flexibility index (Phi) is 6.03. The fraction of sp³-hybridized carbons (Fsp3) is 0.174. The minimum Gasteiger partial charge on any atom is -0.455 e. The molecule has 29 heavy (non-hydrogen) atoms. The van der Waals surface area contributed by atoms with Gasteiger partial charge < -0.3 is 10.1 Å². The minimum absolute atomic E-state index is 0.201. The highest BCUT2D eigenvalue weighted by atomic mass is 32.2. The fourth-order valence-corrected chi connectivity index (χ4v) is 3.79. The van der Waals surface area contributed by atoms with Gasteiger partial charge in [-0.05, 0) is 74.9 Å². The van der Waals surface area contributed by atoms with E-state index < -0.39 is 15.1 Å². The first-order chi connectivity index (χ1) is 13.8. The number of para-hydroxylation sites is 2. The summed E-state index contributed by atoms with van der Waals surface area (Å²) < 4.78 is 30.4. The maximum absolute atomic E-state index is 12.7.